The number of rotatable bonds is 6. The topological polar surface area (TPSA) is 71.1 Å². The van der Waals surface area contributed by atoms with Gasteiger partial charge in [-0.3, -0.25) is 14.7 Å². The number of aromatic amines is 1. The fraction of sp³-hybridized carbons (Fsp3) is 0.348. The van der Waals surface area contributed by atoms with Crippen LogP contribution in [0.2, 0.25) is 0 Å². The number of nitrogens with one attached hydrogen (secondary N) is 1. The van der Waals surface area contributed by atoms with Crippen molar-refractivity contribution in [3.8, 4) is 17.3 Å². The maximum Gasteiger partial charge on any atom is 0.251 e. The third-order valence-corrected chi connectivity index (χ3v) is 5.23. The Bertz CT molecular complexity index is 986. The number of likely N-dealkylation sites (tertiary alicyclic amines) is 1. The van der Waals surface area contributed by atoms with Gasteiger partial charge in [-0.05, 0) is 56.1 Å². The normalized spacial score (nSPS) is 17.2. The van der Waals surface area contributed by atoms with Crippen LogP contribution >= 0.6 is 0 Å². The van der Waals surface area contributed by atoms with Crippen LogP contribution in [0.5, 0.6) is 5.75 Å². The lowest BCUT2D eigenvalue weighted by atomic mass is 9.94. The van der Waals surface area contributed by atoms with E-state index in [1.165, 1.54) is 5.56 Å². The zero-order valence-electron chi connectivity index (χ0n) is 16.7. The Balaban J connectivity index is 1.48. The molecule has 4 rings (SSSR count). The Hall–Kier alpha value is -2.99. The summed E-state index contributed by atoms with van der Waals surface area (Å²) in [6.07, 6.45) is 3.84. The molecule has 1 saturated heterocycles. The largest absolute Gasteiger partial charge is 0.494 e. The van der Waals surface area contributed by atoms with E-state index in [0.29, 0.717) is 18.1 Å². The van der Waals surface area contributed by atoms with Gasteiger partial charge in [0.25, 0.3) is 5.56 Å². The minimum Gasteiger partial charge on any atom is -0.494 e. The lowest BCUT2D eigenvalue weighted by Crippen LogP contribution is -2.34. The quantitative estimate of drug-likeness (QED) is 0.696. The minimum atomic E-state index is -0.126. The molecule has 1 N–H and O–H groups in total. The van der Waals surface area contributed by atoms with Gasteiger partial charge in [-0.2, -0.15) is 0 Å². The number of ether oxygens (including phenoxy) is 1. The zero-order chi connectivity index (χ0) is 20.1. The molecule has 6 nitrogen and oxygen atoms in total. The van der Waals surface area contributed by atoms with Crippen molar-refractivity contribution >= 4 is 0 Å². The number of aromatic nitrogens is 3. The highest BCUT2D eigenvalue weighted by Crippen LogP contribution is 2.27. The van der Waals surface area contributed by atoms with E-state index >= 15 is 0 Å². The molecule has 0 aliphatic carbocycles. The first-order valence-corrected chi connectivity index (χ1v) is 10.2. The lowest BCUT2D eigenvalue weighted by molar-refractivity contribution is 0.198. The first kappa shape index (κ1) is 19.3. The summed E-state index contributed by atoms with van der Waals surface area (Å²) >= 11 is 0. The van der Waals surface area contributed by atoms with Crippen LogP contribution < -0.4 is 10.3 Å². The molecular formula is C23H26N4O2. The van der Waals surface area contributed by atoms with E-state index in [0.717, 1.165) is 43.9 Å². The van der Waals surface area contributed by atoms with Crippen LogP contribution in [-0.4, -0.2) is 39.5 Å². The van der Waals surface area contributed by atoms with E-state index in [4.69, 9.17) is 9.72 Å². The van der Waals surface area contributed by atoms with Crippen molar-refractivity contribution in [2.24, 2.45) is 0 Å². The van der Waals surface area contributed by atoms with Crippen LogP contribution in [0.3, 0.4) is 0 Å². The van der Waals surface area contributed by atoms with Crippen LogP contribution in [0.1, 0.15) is 36.9 Å². The highest BCUT2D eigenvalue weighted by atomic mass is 16.5. The highest BCUT2D eigenvalue weighted by molar-refractivity contribution is 5.48. The molecule has 3 aromatic rings. The summed E-state index contributed by atoms with van der Waals surface area (Å²) in [6, 6.07) is 15.5. The Morgan fingerprint density at radius 2 is 2.07 bits per heavy atom. The van der Waals surface area contributed by atoms with Crippen molar-refractivity contribution < 1.29 is 4.74 Å². The van der Waals surface area contributed by atoms with Crippen molar-refractivity contribution in [2.75, 3.05) is 19.7 Å². The highest BCUT2D eigenvalue weighted by Gasteiger charge is 2.23. The molecule has 1 fully saturated rings. The number of pyridine rings is 1. The Morgan fingerprint density at radius 1 is 1.21 bits per heavy atom. The molecule has 0 unspecified atom stereocenters. The molecule has 0 saturated carbocycles. The lowest BCUT2D eigenvalue weighted by Gasteiger charge is -2.32. The molecule has 150 valence electrons. The predicted molar refractivity (Wildman–Crippen MR) is 113 cm³/mol. The smallest absolute Gasteiger partial charge is 0.251 e. The fourth-order valence-electron chi connectivity index (χ4n) is 3.87. The maximum atomic E-state index is 12.2. The summed E-state index contributed by atoms with van der Waals surface area (Å²) in [5.74, 6) is 1.69. The fourth-order valence-corrected chi connectivity index (χ4v) is 3.87. The summed E-state index contributed by atoms with van der Waals surface area (Å²) < 4.78 is 5.53. The summed E-state index contributed by atoms with van der Waals surface area (Å²) in [6.45, 7) is 5.51. The second-order valence-electron chi connectivity index (χ2n) is 7.39. The van der Waals surface area contributed by atoms with Gasteiger partial charge in [-0.25, -0.2) is 4.98 Å². The standard InChI is InChI=1S/C23H26N4O2/c1-2-29-19-10-8-17(9-11-19)15-27-13-5-6-18(16-27)21-14-22(28)26-23(25-21)20-7-3-4-12-24-20/h3-4,7-12,14,18H,2,5-6,13,15-16H2,1H3,(H,25,26,28)/t18-/m1/s1. The summed E-state index contributed by atoms with van der Waals surface area (Å²) in [5.41, 5.74) is 2.68. The van der Waals surface area contributed by atoms with E-state index in [1.807, 2.05) is 37.3 Å². The van der Waals surface area contributed by atoms with Gasteiger partial charge in [0.1, 0.15) is 11.4 Å². The predicted octanol–water partition coefficient (Wildman–Crippen LogP) is 3.61. The van der Waals surface area contributed by atoms with Gasteiger partial charge in [-0.15, -0.1) is 0 Å². The van der Waals surface area contributed by atoms with Crippen LogP contribution in [0.25, 0.3) is 11.5 Å². The SMILES string of the molecule is CCOc1ccc(CN2CCC[C@@H](c3cc(=O)[nH]c(-c4ccccn4)n3)C2)cc1. The van der Waals surface area contributed by atoms with E-state index in [9.17, 15) is 4.79 Å². The number of hydrogen-bond donors (Lipinski definition) is 1. The number of nitrogens with zero attached hydrogens (tertiary/aromatic N) is 3. The molecule has 0 spiro atoms. The number of benzene rings is 1. The number of piperidine rings is 1. The van der Waals surface area contributed by atoms with Crippen LogP contribution in [0.4, 0.5) is 0 Å². The van der Waals surface area contributed by atoms with Crippen LogP contribution in [0, 0.1) is 0 Å². The Kier molecular flexibility index (Phi) is 6.00. The molecule has 1 aliphatic rings. The first-order valence-electron chi connectivity index (χ1n) is 10.2. The molecule has 3 heterocycles. The molecule has 1 aromatic carbocycles. The molecule has 1 atom stereocenters. The monoisotopic (exact) mass is 390 g/mol. The van der Waals surface area contributed by atoms with Gasteiger partial charge in [0.15, 0.2) is 5.82 Å². The third-order valence-electron chi connectivity index (χ3n) is 5.23. The Morgan fingerprint density at radius 3 is 2.83 bits per heavy atom. The molecule has 0 bridgehead atoms. The van der Waals surface area contributed by atoms with Gasteiger partial charge in [-0.1, -0.05) is 18.2 Å². The number of hydrogen-bond acceptors (Lipinski definition) is 5. The molecule has 0 amide bonds. The summed E-state index contributed by atoms with van der Waals surface area (Å²) in [7, 11) is 0. The molecule has 2 aromatic heterocycles. The minimum absolute atomic E-state index is 0.126. The van der Waals surface area contributed by atoms with Gasteiger partial charge in [0.2, 0.25) is 0 Å². The van der Waals surface area contributed by atoms with Crippen molar-refractivity contribution in [1.29, 1.82) is 0 Å². The van der Waals surface area contributed by atoms with E-state index < -0.39 is 0 Å². The average molecular weight is 390 g/mol. The molecular weight excluding hydrogens is 364 g/mol. The average Bonchev–Trinajstić information content (AvgIpc) is 2.76. The molecule has 6 heteroatoms. The van der Waals surface area contributed by atoms with Gasteiger partial charge in [0.05, 0.1) is 12.3 Å². The zero-order valence-corrected chi connectivity index (χ0v) is 16.7. The van der Waals surface area contributed by atoms with Gasteiger partial charge >= 0.3 is 0 Å². The van der Waals surface area contributed by atoms with E-state index in [-0.39, 0.29) is 11.5 Å². The Labute approximate surface area is 170 Å². The van der Waals surface area contributed by atoms with E-state index in [1.54, 1.807) is 12.3 Å². The van der Waals surface area contributed by atoms with E-state index in [2.05, 4.69) is 27.0 Å². The maximum absolute atomic E-state index is 12.2. The van der Waals surface area contributed by atoms with Crippen molar-refractivity contribution in [3.63, 3.8) is 0 Å². The molecule has 29 heavy (non-hydrogen) atoms. The molecule has 0 radical (unpaired) electrons. The van der Waals surface area contributed by atoms with Crippen LogP contribution in [-0.2, 0) is 6.54 Å². The van der Waals surface area contributed by atoms with Crippen molar-refractivity contribution in [3.05, 3.63) is 76.3 Å². The summed E-state index contributed by atoms with van der Waals surface area (Å²) in [4.78, 5) is 26.5. The first-order chi connectivity index (χ1) is 14.2. The second kappa shape index (κ2) is 9.01. The van der Waals surface area contributed by atoms with Crippen LogP contribution in [0.15, 0.2) is 59.5 Å². The van der Waals surface area contributed by atoms with Crippen molar-refractivity contribution in [2.45, 2.75) is 32.2 Å². The van der Waals surface area contributed by atoms with Gasteiger partial charge in [0, 0.05) is 31.3 Å². The third kappa shape index (κ3) is 4.90. The van der Waals surface area contributed by atoms with Crippen molar-refractivity contribution in [1.82, 2.24) is 19.9 Å². The second-order valence-corrected chi connectivity index (χ2v) is 7.39. The van der Waals surface area contributed by atoms with Gasteiger partial charge < -0.3 is 9.72 Å². The number of H-pyrrole nitrogens is 1. The molecule has 1 aliphatic heterocycles. The summed E-state index contributed by atoms with van der Waals surface area (Å²) in [5, 5.41) is 0.